The maximum absolute atomic E-state index is 12.1. The van der Waals surface area contributed by atoms with Crippen LogP contribution in [-0.2, 0) is 0 Å². The SMILES string of the molecule is [2H]c1c([2H])c([2H])c(-c2cccc3c2c2ccc4c5ccccc5sc4c2n3-c2c(C#N)c(-c3ccccc3)c([N+]#[C-])c(-n3c4cccc5c6ccccc6c6c([2H])c([2H])c([2H])c3c6c54)c2-c2ccccc2)c([2H])c1[2H]. The lowest BCUT2D eigenvalue weighted by atomic mass is 9.88. The van der Waals surface area contributed by atoms with E-state index in [0.29, 0.717) is 82.8 Å². The summed E-state index contributed by atoms with van der Waals surface area (Å²) in [6.45, 7) is 9.35. The van der Waals surface area contributed by atoms with E-state index >= 15 is 0 Å². The third-order valence-electron chi connectivity index (χ3n) is 13.4. The topological polar surface area (TPSA) is 38.0 Å². The van der Waals surface area contributed by atoms with Crippen LogP contribution in [0.3, 0.4) is 0 Å². The number of rotatable bonds is 5. The predicted molar refractivity (Wildman–Crippen MR) is 281 cm³/mol. The molecule has 5 heteroatoms. The van der Waals surface area contributed by atoms with Crippen LogP contribution in [0, 0.1) is 17.9 Å². The first-order chi connectivity index (χ1) is 36.5. The normalized spacial score (nSPS) is 13.5. The Morgan fingerprint density at radius 2 is 1.10 bits per heavy atom. The highest BCUT2D eigenvalue weighted by atomic mass is 32.1. The lowest BCUT2D eigenvalue weighted by molar-refractivity contribution is 1.14. The van der Waals surface area contributed by atoms with Gasteiger partial charge in [-0.05, 0) is 68.0 Å². The van der Waals surface area contributed by atoms with E-state index in [1.54, 1.807) is 23.5 Å². The van der Waals surface area contributed by atoms with Gasteiger partial charge >= 0.3 is 0 Å². The number of aromatic nitrogens is 2. The van der Waals surface area contributed by atoms with Crippen molar-refractivity contribution in [1.29, 1.82) is 5.26 Å². The number of benzene rings is 11. The molecule has 0 unspecified atom stereocenters. The van der Waals surface area contributed by atoms with Crippen molar-refractivity contribution in [3.05, 3.63) is 223 Å². The fourth-order valence-corrected chi connectivity index (χ4v) is 12.0. The van der Waals surface area contributed by atoms with Crippen molar-refractivity contribution < 1.29 is 11.0 Å². The zero-order chi connectivity index (χ0) is 51.3. The van der Waals surface area contributed by atoms with E-state index in [0.717, 1.165) is 41.7 Å². The van der Waals surface area contributed by atoms with Gasteiger partial charge in [-0.1, -0.05) is 182 Å². The highest BCUT2D eigenvalue weighted by Crippen LogP contribution is 2.55. The summed E-state index contributed by atoms with van der Waals surface area (Å²) in [5, 5.41) is 19.8. The number of thiophene rings is 1. The van der Waals surface area contributed by atoms with Crippen molar-refractivity contribution in [1.82, 2.24) is 9.13 Å². The first kappa shape index (κ1) is 30.2. The zero-order valence-electron chi connectivity index (χ0n) is 43.2. The fraction of sp³-hybridized carbons (Fsp3) is 0. The summed E-state index contributed by atoms with van der Waals surface area (Å²) in [7, 11) is 0. The summed E-state index contributed by atoms with van der Waals surface area (Å²) in [6, 6.07) is 50.5. The van der Waals surface area contributed by atoms with Crippen molar-refractivity contribution >= 4 is 102 Å². The monoisotopic (exact) mass is 874 g/mol. The van der Waals surface area contributed by atoms with Gasteiger partial charge in [0.1, 0.15) is 6.07 Å². The molecule has 4 nitrogen and oxygen atoms in total. The number of hydrogen-bond donors (Lipinski definition) is 0. The number of fused-ring (bicyclic) bond motifs is 10. The van der Waals surface area contributed by atoms with Gasteiger partial charge in [0.2, 0.25) is 5.69 Å². The van der Waals surface area contributed by atoms with Gasteiger partial charge in [-0.25, -0.2) is 4.85 Å². The van der Waals surface area contributed by atoms with Crippen molar-refractivity contribution in [3.63, 3.8) is 0 Å². The molecule has 0 N–H and O–H groups in total. The van der Waals surface area contributed by atoms with Gasteiger partial charge in [-0.3, -0.25) is 0 Å². The zero-order valence-corrected chi connectivity index (χ0v) is 36.0. The van der Waals surface area contributed by atoms with Crippen molar-refractivity contribution in [2.75, 3.05) is 0 Å². The summed E-state index contributed by atoms with van der Waals surface area (Å²) in [4.78, 5) is 4.44. The molecule has 0 aliphatic heterocycles. The molecule has 3 aromatic heterocycles. The Bertz CT molecular complexity index is 4920. The van der Waals surface area contributed by atoms with Gasteiger partial charge in [0.25, 0.3) is 0 Å². The molecule has 0 spiro atoms. The maximum atomic E-state index is 12.1. The molecular formula is C62H34N4S. The molecule has 67 heavy (non-hydrogen) atoms. The Balaban J connectivity index is 1.30. The van der Waals surface area contributed by atoms with E-state index in [2.05, 4.69) is 33.7 Å². The van der Waals surface area contributed by atoms with Gasteiger partial charge in [-0.15, -0.1) is 11.3 Å². The predicted octanol–water partition coefficient (Wildman–Crippen LogP) is 17.4. The van der Waals surface area contributed by atoms with E-state index in [9.17, 15) is 18.7 Å². The van der Waals surface area contributed by atoms with E-state index in [-0.39, 0.29) is 47.0 Å². The van der Waals surface area contributed by atoms with E-state index in [1.165, 1.54) is 0 Å². The molecule has 0 bridgehead atoms. The molecule has 0 atom stereocenters. The van der Waals surface area contributed by atoms with Crippen LogP contribution in [0.4, 0.5) is 5.69 Å². The summed E-state index contributed by atoms with van der Waals surface area (Å²) in [5.74, 6) is 0. The minimum atomic E-state index is -0.502. The molecule has 0 aliphatic carbocycles. The van der Waals surface area contributed by atoms with Gasteiger partial charge in [0, 0.05) is 48.1 Å². The summed E-state index contributed by atoms with van der Waals surface area (Å²) in [5.41, 5.74) is 5.85. The highest BCUT2D eigenvalue weighted by molar-refractivity contribution is 7.26. The largest absolute Gasteiger partial charge is 0.318 e. The number of hydrogen-bond acceptors (Lipinski definition) is 2. The first-order valence-corrected chi connectivity index (χ1v) is 22.6. The molecule has 0 saturated heterocycles. The van der Waals surface area contributed by atoms with E-state index in [1.807, 2.05) is 132 Å². The summed E-state index contributed by atoms with van der Waals surface area (Å²) >= 11 is 1.59. The van der Waals surface area contributed by atoms with Crippen molar-refractivity contribution in [3.8, 4) is 50.8 Å². The van der Waals surface area contributed by atoms with E-state index < -0.39 is 18.1 Å². The van der Waals surface area contributed by atoms with Crippen LogP contribution in [0.15, 0.2) is 206 Å². The minimum absolute atomic E-state index is 0.0336. The maximum Gasteiger partial charge on any atom is 0.220 e. The van der Waals surface area contributed by atoms with Gasteiger partial charge < -0.3 is 9.13 Å². The van der Waals surface area contributed by atoms with Crippen LogP contribution in [0.5, 0.6) is 0 Å². The molecular weight excluding hydrogens is 833 g/mol. The van der Waals surface area contributed by atoms with Gasteiger partial charge in [0.15, 0.2) is 0 Å². The molecule has 0 saturated carbocycles. The average molecular weight is 875 g/mol. The second-order valence-corrected chi connectivity index (χ2v) is 17.7. The Morgan fingerprint density at radius 3 is 1.85 bits per heavy atom. The smallest absolute Gasteiger partial charge is 0.220 e. The van der Waals surface area contributed by atoms with Crippen LogP contribution in [0.1, 0.15) is 16.5 Å². The Kier molecular flexibility index (Phi) is 6.42. The average Bonchev–Trinajstić information content (AvgIpc) is 4.33. The van der Waals surface area contributed by atoms with Crippen molar-refractivity contribution in [2.24, 2.45) is 0 Å². The number of nitriles is 1. The third kappa shape index (κ3) is 5.09. The fourth-order valence-electron chi connectivity index (χ4n) is 10.8. The lowest BCUT2D eigenvalue weighted by Gasteiger charge is -2.26. The molecule has 0 amide bonds. The standard InChI is InChI=1S/C62H34N4S/c1-64-58-53(38-20-7-3-8-21-38)48(36-63)59(66-49-30-15-27-40(37-18-5-2-6-19-37)55(49)47-35-34-46-43-26-13-14-33-52(43)67-62(46)60(47)66)54(39-22-9-4-10-23-39)61(58)65-50-31-16-28-44-41-24-11-12-25-42(41)45-29-17-32-51(65)57(45)56(44)50/h2-35H/i2D,5D,6D,16D,18D,19D,28D,31D. The quantitative estimate of drug-likeness (QED) is 0.125. The summed E-state index contributed by atoms with van der Waals surface area (Å²) < 4.78 is 79.5. The molecule has 14 aromatic rings. The molecule has 3 heterocycles. The minimum Gasteiger partial charge on any atom is -0.318 e. The van der Waals surface area contributed by atoms with Crippen LogP contribution in [0.25, 0.3) is 135 Å². The Hall–Kier alpha value is -9.00. The molecule has 0 fully saturated rings. The molecule has 11 aromatic carbocycles. The lowest BCUT2D eigenvalue weighted by Crippen LogP contribution is -2.08. The van der Waals surface area contributed by atoms with Crippen LogP contribution < -0.4 is 0 Å². The van der Waals surface area contributed by atoms with Crippen LogP contribution >= 0.6 is 11.3 Å². The van der Waals surface area contributed by atoms with Gasteiger partial charge in [0.05, 0.1) is 61.2 Å². The first-order valence-electron chi connectivity index (χ1n) is 25.8. The van der Waals surface area contributed by atoms with E-state index in [4.69, 9.17) is 4.11 Å². The Labute approximate surface area is 400 Å². The summed E-state index contributed by atoms with van der Waals surface area (Å²) in [6.07, 6.45) is 0. The molecule has 14 rings (SSSR count). The molecule has 0 radical (unpaired) electrons. The van der Waals surface area contributed by atoms with Crippen LogP contribution in [-0.4, -0.2) is 9.13 Å². The number of nitrogens with zero attached hydrogens (tertiary/aromatic N) is 4. The second kappa shape index (κ2) is 14.2. The Morgan fingerprint density at radius 1 is 0.478 bits per heavy atom. The third-order valence-corrected chi connectivity index (χ3v) is 14.6. The van der Waals surface area contributed by atoms with Gasteiger partial charge in [-0.2, -0.15) is 5.26 Å². The molecule has 308 valence electrons. The molecule has 0 aliphatic rings. The van der Waals surface area contributed by atoms with Crippen LogP contribution in [0.2, 0.25) is 0 Å². The van der Waals surface area contributed by atoms with Crippen molar-refractivity contribution in [2.45, 2.75) is 0 Å². The second-order valence-electron chi connectivity index (χ2n) is 16.7. The highest BCUT2D eigenvalue weighted by Gasteiger charge is 2.33.